The van der Waals surface area contributed by atoms with Crippen LogP contribution < -0.4 is 0 Å². The maximum atomic E-state index is 9.85. The van der Waals surface area contributed by atoms with Gasteiger partial charge in [-0.15, -0.1) is 0 Å². The topological polar surface area (TPSA) is 23.5 Å². The Hall–Kier alpha value is -1.35. The number of nitrogens with zero attached hydrogens (tertiary/aromatic N) is 1. The van der Waals surface area contributed by atoms with Crippen LogP contribution in [0.1, 0.15) is 18.1 Å². The molecule has 0 aliphatic carbocycles. The third-order valence-electron chi connectivity index (χ3n) is 3.80. The Balaban J connectivity index is 2.06. The van der Waals surface area contributed by atoms with E-state index in [0.29, 0.717) is 0 Å². The van der Waals surface area contributed by atoms with Crippen LogP contribution in [0.2, 0.25) is 5.02 Å². The monoisotopic (exact) mass is 303 g/mol. The Morgan fingerprint density at radius 3 is 2.24 bits per heavy atom. The van der Waals surface area contributed by atoms with Gasteiger partial charge in [-0.3, -0.25) is 0 Å². The van der Waals surface area contributed by atoms with Gasteiger partial charge in [0.25, 0.3) is 0 Å². The lowest BCUT2D eigenvalue weighted by atomic mass is 9.83. The molecule has 0 spiro atoms. The first-order valence-corrected chi connectivity index (χ1v) is 7.51. The van der Waals surface area contributed by atoms with Crippen LogP contribution >= 0.6 is 11.6 Å². The number of rotatable bonds is 6. The van der Waals surface area contributed by atoms with E-state index in [1.807, 2.05) is 42.5 Å². The molecule has 21 heavy (non-hydrogen) atoms. The molecular formula is C18H22ClNO. The summed E-state index contributed by atoms with van der Waals surface area (Å²) in [5.74, 6) is 0. The molecule has 0 bridgehead atoms. The zero-order chi connectivity index (χ0) is 15.3. The quantitative estimate of drug-likeness (QED) is 0.879. The number of aliphatic hydroxyl groups is 1. The van der Waals surface area contributed by atoms with E-state index in [0.717, 1.165) is 23.7 Å². The molecule has 112 valence electrons. The normalized spacial score (nSPS) is 14.1. The van der Waals surface area contributed by atoms with E-state index < -0.39 is 0 Å². The van der Waals surface area contributed by atoms with E-state index in [4.69, 9.17) is 11.6 Å². The Bertz CT molecular complexity index is 555. The zero-order valence-electron chi connectivity index (χ0n) is 12.6. The molecule has 0 radical (unpaired) electrons. The first kappa shape index (κ1) is 16.0. The lowest BCUT2D eigenvalue weighted by molar-refractivity contribution is 0.156. The largest absolute Gasteiger partial charge is 0.395 e. The molecule has 2 rings (SSSR count). The summed E-state index contributed by atoms with van der Waals surface area (Å²) in [6, 6.07) is 18.1. The minimum Gasteiger partial charge on any atom is -0.395 e. The lowest BCUT2D eigenvalue weighted by Gasteiger charge is -2.33. The first-order valence-electron chi connectivity index (χ1n) is 7.13. The summed E-state index contributed by atoms with van der Waals surface area (Å²) >= 11 is 5.91. The highest BCUT2D eigenvalue weighted by molar-refractivity contribution is 6.30. The fourth-order valence-electron chi connectivity index (χ4n) is 2.63. The number of halogens is 1. The molecule has 0 saturated heterocycles. The molecule has 1 N–H and O–H groups in total. The number of hydrogen-bond donors (Lipinski definition) is 1. The van der Waals surface area contributed by atoms with Crippen molar-refractivity contribution in [1.82, 2.24) is 4.90 Å². The molecule has 1 unspecified atom stereocenters. The molecule has 0 saturated carbocycles. The van der Waals surface area contributed by atoms with Gasteiger partial charge in [-0.25, -0.2) is 0 Å². The minimum atomic E-state index is -0.261. The summed E-state index contributed by atoms with van der Waals surface area (Å²) in [6.45, 7) is 3.85. The highest BCUT2D eigenvalue weighted by Crippen LogP contribution is 2.24. The van der Waals surface area contributed by atoms with Gasteiger partial charge in [-0.1, -0.05) is 61.0 Å². The van der Waals surface area contributed by atoms with Gasteiger partial charge < -0.3 is 10.0 Å². The van der Waals surface area contributed by atoms with Gasteiger partial charge in [0.1, 0.15) is 0 Å². The van der Waals surface area contributed by atoms with Crippen molar-refractivity contribution >= 4 is 11.6 Å². The van der Waals surface area contributed by atoms with Gasteiger partial charge in [-0.05, 0) is 30.3 Å². The Morgan fingerprint density at radius 1 is 1.05 bits per heavy atom. The molecule has 0 aliphatic rings. The Labute approximate surface area is 132 Å². The smallest absolute Gasteiger partial charge is 0.0537 e. The standard InChI is InChI=1S/C18H22ClNO/c1-18(14-21,16-6-4-3-5-7-16)13-20(2)12-15-8-10-17(19)11-9-15/h3-11,21H,12-14H2,1-2H3. The molecule has 2 nitrogen and oxygen atoms in total. The molecule has 2 aromatic rings. The molecule has 3 heteroatoms. The minimum absolute atomic E-state index is 0.127. The maximum absolute atomic E-state index is 9.85. The second kappa shape index (κ2) is 7.08. The molecule has 0 amide bonds. The van der Waals surface area contributed by atoms with Crippen LogP contribution in [0, 0.1) is 0 Å². The maximum Gasteiger partial charge on any atom is 0.0537 e. The van der Waals surface area contributed by atoms with Crippen molar-refractivity contribution in [3.63, 3.8) is 0 Å². The SMILES string of the molecule is CN(Cc1ccc(Cl)cc1)CC(C)(CO)c1ccccc1. The van der Waals surface area contributed by atoms with Crippen LogP contribution in [0.3, 0.4) is 0 Å². The fourth-order valence-corrected chi connectivity index (χ4v) is 2.75. The van der Waals surface area contributed by atoms with Crippen LogP contribution in [0.25, 0.3) is 0 Å². The van der Waals surface area contributed by atoms with Crippen molar-refractivity contribution < 1.29 is 5.11 Å². The van der Waals surface area contributed by atoms with E-state index >= 15 is 0 Å². The first-order chi connectivity index (χ1) is 10.0. The summed E-state index contributed by atoms with van der Waals surface area (Å²) in [5, 5.41) is 10.6. The molecule has 0 aliphatic heterocycles. The van der Waals surface area contributed by atoms with E-state index in [1.165, 1.54) is 5.56 Å². The summed E-state index contributed by atoms with van der Waals surface area (Å²) in [7, 11) is 2.07. The van der Waals surface area contributed by atoms with Gasteiger partial charge >= 0.3 is 0 Å². The van der Waals surface area contributed by atoms with Gasteiger partial charge in [0, 0.05) is 23.5 Å². The van der Waals surface area contributed by atoms with Crippen LogP contribution in [0.4, 0.5) is 0 Å². The van der Waals surface area contributed by atoms with Gasteiger partial charge in [0.05, 0.1) is 6.61 Å². The molecule has 0 aromatic heterocycles. The van der Waals surface area contributed by atoms with Crippen LogP contribution in [-0.2, 0) is 12.0 Å². The van der Waals surface area contributed by atoms with Gasteiger partial charge in [0.15, 0.2) is 0 Å². The second-order valence-electron chi connectivity index (χ2n) is 5.88. The summed E-state index contributed by atoms with van der Waals surface area (Å²) < 4.78 is 0. The Morgan fingerprint density at radius 2 is 1.67 bits per heavy atom. The molecule has 0 fully saturated rings. The summed E-state index contributed by atoms with van der Waals surface area (Å²) in [6.07, 6.45) is 0. The molecule has 0 heterocycles. The average molecular weight is 304 g/mol. The van der Waals surface area contributed by atoms with E-state index in [1.54, 1.807) is 0 Å². The average Bonchev–Trinajstić information content (AvgIpc) is 2.50. The lowest BCUT2D eigenvalue weighted by Crippen LogP contribution is -2.39. The highest BCUT2D eigenvalue weighted by Gasteiger charge is 2.27. The van der Waals surface area contributed by atoms with E-state index in [2.05, 4.69) is 31.0 Å². The summed E-state index contributed by atoms with van der Waals surface area (Å²) in [4.78, 5) is 2.23. The molecule has 1 atom stereocenters. The second-order valence-corrected chi connectivity index (χ2v) is 6.32. The van der Waals surface area contributed by atoms with Crippen LogP contribution in [0.5, 0.6) is 0 Å². The predicted molar refractivity (Wildman–Crippen MR) is 88.7 cm³/mol. The predicted octanol–water partition coefficient (Wildman–Crippen LogP) is 3.72. The van der Waals surface area contributed by atoms with Crippen molar-refractivity contribution in [1.29, 1.82) is 0 Å². The third-order valence-corrected chi connectivity index (χ3v) is 4.06. The van der Waals surface area contributed by atoms with Gasteiger partial charge in [-0.2, -0.15) is 0 Å². The van der Waals surface area contributed by atoms with Crippen molar-refractivity contribution in [3.8, 4) is 0 Å². The van der Waals surface area contributed by atoms with Crippen LogP contribution in [-0.4, -0.2) is 30.2 Å². The van der Waals surface area contributed by atoms with Gasteiger partial charge in [0.2, 0.25) is 0 Å². The molecular weight excluding hydrogens is 282 g/mol. The Kier molecular flexibility index (Phi) is 5.40. The molecule has 2 aromatic carbocycles. The zero-order valence-corrected chi connectivity index (χ0v) is 13.3. The van der Waals surface area contributed by atoms with E-state index in [-0.39, 0.29) is 12.0 Å². The van der Waals surface area contributed by atoms with Crippen molar-refractivity contribution in [2.45, 2.75) is 18.9 Å². The summed E-state index contributed by atoms with van der Waals surface area (Å²) in [5.41, 5.74) is 2.12. The number of hydrogen-bond acceptors (Lipinski definition) is 2. The van der Waals surface area contributed by atoms with Crippen LogP contribution in [0.15, 0.2) is 54.6 Å². The van der Waals surface area contributed by atoms with Crippen molar-refractivity contribution in [2.75, 3.05) is 20.2 Å². The number of likely N-dealkylation sites (N-methyl/N-ethyl adjacent to an activating group) is 1. The van der Waals surface area contributed by atoms with Crippen molar-refractivity contribution in [3.05, 3.63) is 70.7 Å². The van der Waals surface area contributed by atoms with E-state index in [9.17, 15) is 5.11 Å². The van der Waals surface area contributed by atoms with Crippen molar-refractivity contribution in [2.24, 2.45) is 0 Å². The fraction of sp³-hybridized carbons (Fsp3) is 0.333. The third kappa shape index (κ3) is 4.31. The highest BCUT2D eigenvalue weighted by atomic mass is 35.5. The number of benzene rings is 2. The number of aliphatic hydroxyl groups excluding tert-OH is 1.